The molecular weight excluding hydrogens is 262 g/mol. The lowest BCUT2D eigenvalue weighted by molar-refractivity contribution is -0.0238. The Labute approximate surface area is 123 Å². The van der Waals surface area contributed by atoms with Gasteiger partial charge in [-0.25, -0.2) is 0 Å². The minimum absolute atomic E-state index is 0. The van der Waals surface area contributed by atoms with Crippen LogP contribution in [0.3, 0.4) is 0 Å². The van der Waals surface area contributed by atoms with Crippen LogP contribution >= 0.6 is 12.4 Å². The van der Waals surface area contributed by atoms with E-state index in [0.717, 1.165) is 0 Å². The molecule has 0 aliphatic heterocycles. The minimum Gasteiger partial charge on any atom is -0.389 e. The van der Waals surface area contributed by atoms with Gasteiger partial charge >= 0.3 is 0 Å². The maximum atomic E-state index is 9.92. The number of nitrogens with one attached hydrogen (secondary N) is 1. The van der Waals surface area contributed by atoms with Crippen molar-refractivity contribution in [2.24, 2.45) is 0 Å². The monoisotopic (exact) mass is 291 g/mol. The van der Waals surface area contributed by atoms with Crippen molar-refractivity contribution in [2.45, 2.75) is 82.5 Å². The Hall–Kier alpha value is 0.170. The number of rotatable bonds is 6. The zero-order valence-corrected chi connectivity index (χ0v) is 12.8. The van der Waals surface area contributed by atoms with E-state index in [1.54, 1.807) is 0 Å². The van der Waals surface area contributed by atoms with Crippen LogP contribution in [0.25, 0.3) is 0 Å². The topological polar surface area (TPSA) is 41.5 Å². The first-order chi connectivity index (χ1) is 8.84. The van der Waals surface area contributed by atoms with Crippen molar-refractivity contribution < 1.29 is 9.84 Å². The van der Waals surface area contributed by atoms with E-state index < -0.39 is 0 Å². The molecule has 2 rings (SSSR count). The van der Waals surface area contributed by atoms with E-state index in [-0.39, 0.29) is 18.5 Å². The zero-order valence-electron chi connectivity index (χ0n) is 12.0. The highest BCUT2D eigenvalue weighted by molar-refractivity contribution is 5.85. The summed E-state index contributed by atoms with van der Waals surface area (Å²) < 4.78 is 5.79. The van der Waals surface area contributed by atoms with Crippen molar-refractivity contribution in [3.63, 3.8) is 0 Å². The van der Waals surface area contributed by atoms with Crippen LogP contribution in [0.4, 0.5) is 0 Å². The van der Waals surface area contributed by atoms with Gasteiger partial charge in [0, 0.05) is 12.6 Å². The molecular formula is C15H30ClNO2. The van der Waals surface area contributed by atoms with Crippen LogP contribution in [0.1, 0.15) is 64.2 Å². The van der Waals surface area contributed by atoms with Crippen molar-refractivity contribution in [1.82, 2.24) is 5.32 Å². The van der Waals surface area contributed by atoms with E-state index in [2.05, 4.69) is 5.32 Å². The quantitative estimate of drug-likeness (QED) is 0.790. The van der Waals surface area contributed by atoms with Gasteiger partial charge in [-0.1, -0.05) is 38.5 Å². The smallest absolute Gasteiger partial charge is 0.0897 e. The highest BCUT2D eigenvalue weighted by Crippen LogP contribution is 2.20. The molecule has 4 heteroatoms. The van der Waals surface area contributed by atoms with Gasteiger partial charge in [0.15, 0.2) is 0 Å². The zero-order chi connectivity index (χ0) is 12.6. The molecule has 114 valence electrons. The summed E-state index contributed by atoms with van der Waals surface area (Å²) in [6, 6.07) is 0.628. The molecule has 0 aromatic rings. The molecule has 2 N–H and O–H groups in total. The summed E-state index contributed by atoms with van der Waals surface area (Å²) in [4.78, 5) is 0. The normalized spacial score (nSPS) is 23.8. The minimum atomic E-state index is -0.339. The van der Waals surface area contributed by atoms with E-state index in [0.29, 0.717) is 25.3 Å². The molecule has 0 spiro atoms. The lowest BCUT2D eigenvalue weighted by Crippen LogP contribution is -2.39. The Bertz CT molecular complexity index is 194. The van der Waals surface area contributed by atoms with E-state index >= 15 is 0 Å². The van der Waals surface area contributed by atoms with Gasteiger partial charge in [0.25, 0.3) is 0 Å². The average molecular weight is 292 g/mol. The summed E-state index contributed by atoms with van der Waals surface area (Å²) >= 11 is 0. The summed E-state index contributed by atoms with van der Waals surface area (Å²) in [7, 11) is 0. The SMILES string of the molecule is Cl.OC(CNC1CCCCC1)COC1CCCCC1. The van der Waals surface area contributed by atoms with Crippen molar-refractivity contribution >= 4 is 12.4 Å². The second-order valence-electron chi connectivity index (χ2n) is 5.99. The predicted octanol–water partition coefficient (Wildman–Crippen LogP) is 3.04. The third kappa shape index (κ3) is 6.94. The van der Waals surface area contributed by atoms with E-state index in [9.17, 15) is 5.11 Å². The molecule has 0 heterocycles. The van der Waals surface area contributed by atoms with Crippen molar-refractivity contribution in [2.75, 3.05) is 13.2 Å². The van der Waals surface area contributed by atoms with Crippen LogP contribution in [-0.4, -0.2) is 36.5 Å². The predicted molar refractivity (Wildman–Crippen MR) is 81.0 cm³/mol. The van der Waals surface area contributed by atoms with Gasteiger partial charge in [-0.3, -0.25) is 0 Å². The third-order valence-corrected chi connectivity index (χ3v) is 4.32. The second-order valence-corrected chi connectivity index (χ2v) is 5.99. The number of hydrogen-bond donors (Lipinski definition) is 2. The van der Waals surface area contributed by atoms with Gasteiger partial charge < -0.3 is 15.2 Å². The summed E-state index contributed by atoms with van der Waals surface area (Å²) in [5.74, 6) is 0. The first-order valence-corrected chi connectivity index (χ1v) is 7.87. The molecule has 1 atom stereocenters. The summed E-state index contributed by atoms with van der Waals surface area (Å²) in [6.45, 7) is 1.20. The maximum Gasteiger partial charge on any atom is 0.0897 e. The fourth-order valence-corrected chi connectivity index (χ4v) is 3.15. The fourth-order valence-electron chi connectivity index (χ4n) is 3.15. The number of hydrogen-bond acceptors (Lipinski definition) is 3. The molecule has 2 aliphatic carbocycles. The highest BCUT2D eigenvalue weighted by Gasteiger charge is 2.17. The van der Waals surface area contributed by atoms with Gasteiger partial charge in [-0.15, -0.1) is 12.4 Å². The van der Waals surface area contributed by atoms with Crippen molar-refractivity contribution in [1.29, 1.82) is 0 Å². The van der Waals surface area contributed by atoms with E-state index in [1.165, 1.54) is 64.2 Å². The molecule has 1 unspecified atom stereocenters. The first-order valence-electron chi connectivity index (χ1n) is 7.87. The molecule has 3 nitrogen and oxygen atoms in total. The highest BCUT2D eigenvalue weighted by atomic mass is 35.5. The average Bonchev–Trinajstić information content (AvgIpc) is 2.45. The van der Waals surface area contributed by atoms with Gasteiger partial charge in [-0.05, 0) is 25.7 Å². The fraction of sp³-hybridized carbons (Fsp3) is 1.00. The first kappa shape index (κ1) is 17.2. The number of aliphatic hydroxyl groups is 1. The Morgan fingerprint density at radius 3 is 2.16 bits per heavy atom. The molecule has 0 aromatic heterocycles. The van der Waals surface area contributed by atoms with Crippen LogP contribution < -0.4 is 5.32 Å². The van der Waals surface area contributed by atoms with E-state index in [4.69, 9.17) is 4.74 Å². The summed E-state index contributed by atoms with van der Waals surface area (Å²) in [6.07, 6.45) is 13.0. The van der Waals surface area contributed by atoms with Crippen LogP contribution in [-0.2, 0) is 4.74 Å². The largest absolute Gasteiger partial charge is 0.389 e. The van der Waals surface area contributed by atoms with Gasteiger partial charge in [0.1, 0.15) is 0 Å². The van der Waals surface area contributed by atoms with Gasteiger partial charge in [-0.2, -0.15) is 0 Å². The molecule has 2 fully saturated rings. The molecule has 19 heavy (non-hydrogen) atoms. The number of ether oxygens (including phenoxy) is 1. The number of halogens is 1. The standard InChI is InChI=1S/C15H29NO2.ClH/c17-14(11-16-13-7-3-1-4-8-13)12-18-15-9-5-2-6-10-15;/h13-17H,1-12H2;1H. The molecule has 2 saturated carbocycles. The van der Waals surface area contributed by atoms with E-state index in [1.807, 2.05) is 0 Å². The molecule has 0 radical (unpaired) electrons. The molecule has 0 amide bonds. The molecule has 2 aliphatic rings. The molecule has 0 saturated heterocycles. The Morgan fingerprint density at radius 2 is 1.53 bits per heavy atom. The van der Waals surface area contributed by atoms with Crippen LogP contribution in [0.15, 0.2) is 0 Å². The number of aliphatic hydroxyl groups excluding tert-OH is 1. The Morgan fingerprint density at radius 1 is 0.947 bits per heavy atom. The Kier molecular flexibility index (Phi) is 9.04. The van der Waals surface area contributed by atoms with Crippen LogP contribution in [0.2, 0.25) is 0 Å². The lowest BCUT2D eigenvalue weighted by Gasteiger charge is -2.26. The maximum absolute atomic E-state index is 9.92. The van der Waals surface area contributed by atoms with Crippen molar-refractivity contribution in [3.05, 3.63) is 0 Å². The van der Waals surface area contributed by atoms with Crippen molar-refractivity contribution in [3.8, 4) is 0 Å². The van der Waals surface area contributed by atoms with Gasteiger partial charge in [0.2, 0.25) is 0 Å². The van der Waals surface area contributed by atoms with Crippen LogP contribution in [0, 0.1) is 0 Å². The summed E-state index contributed by atoms with van der Waals surface area (Å²) in [5, 5.41) is 13.4. The third-order valence-electron chi connectivity index (χ3n) is 4.32. The Balaban J connectivity index is 0.00000180. The second kappa shape index (κ2) is 9.98. The van der Waals surface area contributed by atoms with Crippen LogP contribution in [0.5, 0.6) is 0 Å². The molecule has 0 bridgehead atoms. The summed E-state index contributed by atoms with van der Waals surface area (Å²) in [5.41, 5.74) is 0. The lowest BCUT2D eigenvalue weighted by atomic mass is 9.95. The molecule has 0 aromatic carbocycles. The van der Waals surface area contributed by atoms with Gasteiger partial charge in [0.05, 0.1) is 18.8 Å².